The Morgan fingerprint density at radius 3 is 3.20 bits per heavy atom. The summed E-state index contributed by atoms with van der Waals surface area (Å²) in [6.07, 6.45) is 4.53. The van der Waals surface area contributed by atoms with Gasteiger partial charge in [-0.25, -0.2) is 4.98 Å². The first-order chi connectivity index (χ1) is 9.78. The minimum Gasteiger partial charge on any atom is -0.395 e. The zero-order valence-electron chi connectivity index (χ0n) is 11.3. The van der Waals surface area contributed by atoms with E-state index in [0.717, 1.165) is 31.3 Å². The third-order valence-corrected chi connectivity index (χ3v) is 4.83. The summed E-state index contributed by atoms with van der Waals surface area (Å²) in [6.45, 7) is 1.73. The topological polar surface area (TPSA) is 69.2 Å². The largest absolute Gasteiger partial charge is 0.395 e. The van der Waals surface area contributed by atoms with Gasteiger partial charge in [-0.15, -0.1) is 11.3 Å². The smallest absolute Gasteiger partial charge is 0.268 e. The highest BCUT2D eigenvalue weighted by atomic mass is 32.1. The second-order valence-corrected chi connectivity index (χ2v) is 6.22. The summed E-state index contributed by atoms with van der Waals surface area (Å²) in [7, 11) is 0. The summed E-state index contributed by atoms with van der Waals surface area (Å²) in [5, 5.41) is 11.4. The Labute approximate surface area is 121 Å². The van der Waals surface area contributed by atoms with Crippen LogP contribution in [0.5, 0.6) is 0 Å². The average molecular weight is 293 g/mol. The number of nitrogens with zero attached hydrogens (tertiary/aromatic N) is 2. The van der Waals surface area contributed by atoms with Crippen molar-refractivity contribution in [1.82, 2.24) is 14.9 Å². The van der Waals surface area contributed by atoms with Crippen molar-refractivity contribution >= 4 is 21.6 Å². The van der Waals surface area contributed by atoms with E-state index in [9.17, 15) is 9.90 Å². The van der Waals surface area contributed by atoms with Gasteiger partial charge in [0.2, 0.25) is 0 Å². The maximum Gasteiger partial charge on any atom is 0.268 e. The van der Waals surface area contributed by atoms with Crippen LogP contribution in [0.3, 0.4) is 0 Å². The summed E-state index contributed by atoms with van der Waals surface area (Å²) in [4.78, 5) is 21.6. The lowest BCUT2D eigenvalue weighted by Gasteiger charge is -2.27. The molecule has 1 unspecified atom stereocenters. The van der Waals surface area contributed by atoms with Crippen molar-refractivity contribution in [2.75, 3.05) is 13.2 Å². The van der Waals surface area contributed by atoms with E-state index >= 15 is 0 Å². The first kappa shape index (κ1) is 13.7. The molecule has 1 fully saturated rings. The fourth-order valence-electron chi connectivity index (χ4n) is 2.84. The van der Waals surface area contributed by atoms with Crippen molar-refractivity contribution in [1.29, 1.82) is 0 Å². The zero-order valence-corrected chi connectivity index (χ0v) is 12.2. The molecule has 1 atom stereocenters. The number of aromatic nitrogens is 2. The van der Waals surface area contributed by atoms with E-state index in [4.69, 9.17) is 0 Å². The fourth-order valence-corrected chi connectivity index (χ4v) is 3.57. The van der Waals surface area contributed by atoms with Crippen LogP contribution in [0.25, 0.3) is 10.2 Å². The van der Waals surface area contributed by atoms with Gasteiger partial charge in [-0.05, 0) is 30.8 Å². The Kier molecular flexibility index (Phi) is 4.14. The molecule has 108 valence electrons. The van der Waals surface area contributed by atoms with Gasteiger partial charge in [0, 0.05) is 6.04 Å². The predicted octanol–water partition coefficient (Wildman–Crippen LogP) is 1.72. The Hall–Kier alpha value is -1.24. The van der Waals surface area contributed by atoms with Gasteiger partial charge in [-0.2, -0.15) is 0 Å². The normalized spacial score (nSPS) is 21.1. The molecular weight excluding hydrogens is 274 g/mol. The first-order valence-electron chi connectivity index (χ1n) is 7.09. The van der Waals surface area contributed by atoms with Crippen molar-refractivity contribution in [3.05, 3.63) is 27.6 Å². The maximum absolute atomic E-state index is 12.0. The molecule has 0 saturated carbocycles. The van der Waals surface area contributed by atoms with Gasteiger partial charge < -0.3 is 10.1 Å². The van der Waals surface area contributed by atoms with Crippen molar-refractivity contribution < 1.29 is 5.11 Å². The average Bonchev–Trinajstić information content (AvgIpc) is 2.80. The molecular formula is C14H19N3O2S. The highest BCUT2D eigenvalue weighted by molar-refractivity contribution is 7.17. The molecule has 5 nitrogen and oxygen atoms in total. The Morgan fingerprint density at radius 2 is 2.35 bits per heavy atom. The van der Waals surface area contributed by atoms with Gasteiger partial charge in [-0.1, -0.05) is 12.8 Å². The van der Waals surface area contributed by atoms with Gasteiger partial charge in [0.15, 0.2) is 0 Å². The van der Waals surface area contributed by atoms with E-state index in [2.05, 4.69) is 14.9 Å². The van der Waals surface area contributed by atoms with Crippen LogP contribution in [0.4, 0.5) is 0 Å². The Balaban J connectivity index is 1.85. The van der Waals surface area contributed by atoms with Crippen LogP contribution in [-0.2, 0) is 6.54 Å². The van der Waals surface area contributed by atoms with Crippen LogP contribution in [0.2, 0.25) is 0 Å². The standard InChI is InChI=1S/C14H19N3O2S/c18-9-10-4-2-1-3-6-17(10)8-12-15-11-5-7-20-13(11)14(19)16-12/h5,7,10,18H,1-4,6,8-9H2,(H,15,16,19). The highest BCUT2D eigenvalue weighted by Gasteiger charge is 2.21. The van der Waals surface area contributed by atoms with E-state index in [1.165, 1.54) is 17.8 Å². The van der Waals surface area contributed by atoms with Crippen LogP contribution in [-0.4, -0.2) is 39.2 Å². The van der Waals surface area contributed by atoms with E-state index in [1.807, 2.05) is 11.4 Å². The van der Waals surface area contributed by atoms with Crippen LogP contribution in [0.1, 0.15) is 31.5 Å². The maximum atomic E-state index is 12.0. The van der Waals surface area contributed by atoms with Crippen molar-refractivity contribution in [2.45, 2.75) is 38.3 Å². The molecule has 1 aliphatic heterocycles. The number of nitrogens with one attached hydrogen (secondary N) is 1. The van der Waals surface area contributed by atoms with Crippen molar-refractivity contribution in [3.8, 4) is 0 Å². The molecule has 2 N–H and O–H groups in total. The summed E-state index contributed by atoms with van der Waals surface area (Å²) in [5.74, 6) is 0.696. The number of hydrogen-bond donors (Lipinski definition) is 2. The minimum absolute atomic E-state index is 0.0598. The fraction of sp³-hybridized carbons (Fsp3) is 0.571. The zero-order chi connectivity index (χ0) is 13.9. The van der Waals surface area contributed by atoms with Crippen LogP contribution < -0.4 is 5.56 Å². The van der Waals surface area contributed by atoms with E-state index < -0.39 is 0 Å². The SMILES string of the molecule is O=c1[nH]c(CN2CCCCCC2CO)nc2ccsc12. The number of rotatable bonds is 3. The molecule has 0 spiro atoms. The number of likely N-dealkylation sites (tertiary alicyclic amines) is 1. The summed E-state index contributed by atoms with van der Waals surface area (Å²) in [6, 6.07) is 2.06. The second-order valence-electron chi connectivity index (χ2n) is 5.30. The monoisotopic (exact) mass is 293 g/mol. The molecule has 2 aromatic heterocycles. The molecule has 6 heteroatoms. The van der Waals surface area contributed by atoms with E-state index in [1.54, 1.807) is 0 Å². The molecule has 0 aromatic carbocycles. The number of fused-ring (bicyclic) bond motifs is 1. The number of aromatic amines is 1. The molecule has 0 amide bonds. The third kappa shape index (κ3) is 2.77. The molecule has 1 aliphatic rings. The number of thiophene rings is 1. The minimum atomic E-state index is -0.0598. The summed E-state index contributed by atoms with van der Waals surface area (Å²) in [5.41, 5.74) is 0.708. The predicted molar refractivity (Wildman–Crippen MR) is 80.0 cm³/mol. The van der Waals surface area contributed by atoms with Crippen LogP contribution in [0.15, 0.2) is 16.2 Å². The molecule has 1 saturated heterocycles. The third-order valence-electron chi connectivity index (χ3n) is 3.93. The molecule has 20 heavy (non-hydrogen) atoms. The lowest BCUT2D eigenvalue weighted by atomic mass is 10.1. The molecule has 3 heterocycles. The van der Waals surface area contributed by atoms with Gasteiger partial charge in [0.05, 0.1) is 18.7 Å². The first-order valence-corrected chi connectivity index (χ1v) is 7.97. The second kappa shape index (κ2) is 6.03. The molecule has 0 bridgehead atoms. The Bertz CT molecular complexity index is 637. The van der Waals surface area contributed by atoms with E-state index in [0.29, 0.717) is 17.1 Å². The molecule has 0 aliphatic carbocycles. The number of aliphatic hydroxyl groups excluding tert-OH is 1. The highest BCUT2D eigenvalue weighted by Crippen LogP contribution is 2.19. The van der Waals surface area contributed by atoms with Gasteiger partial charge in [0.25, 0.3) is 5.56 Å². The van der Waals surface area contributed by atoms with Crippen LogP contribution in [0, 0.1) is 0 Å². The van der Waals surface area contributed by atoms with Gasteiger partial charge in [-0.3, -0.25) is 9.69 Å². The summed E-state index contributed by atoms with van der Waals surface area (Å²) < 4.78 is 0.684. The van der Waals surface area contributed by atoms with Gasteiger partial charge >= 0.3 is 0 Å². The lowest BCUT2D eigenvalue weighted by Crippen LogP contribution is -2.37. The number of H-pyrrole nitrogens is 1. The van der Waals surface area contributed by atoms with E-state index in [-0.39, 0.29) is 18.2 Å². The molecule has 0 radical (unpaired) electrons. The molecule has 2 aromatic rings. The summed E-state index contributed by atoms with van der Waals surface area (Å²) >= 11 is 1.42. The Morgan fingerprint density at radius 1 is 1.45 bits per heavy atom. The lowest BCUT2D eigenvalue weighted by molar-refractivity contribution is 0.116. The van der Waals surface area contributed by atoms with Gasteiger partial charge in [0.1, 0.15) is 10.5 Å². The number of aliphatic hydroxyl groups is 1. The quantitative estimate of drug-likeness (QED) is 0.904. The van der Waals surface area contributed by atoms with Crippen molar-refractivity contribution in [2.24, 2.45) is 0 Å². The molecule has 3 rings (SSSR count). The number of hydrogen-bond acceptors (Lipinski definition) is 5. The van der Waals surface area contributed by atoms with Crippen LogP contribution >= 0.6 is 11.3 Å². The van der Waals surface area contributed by atoms with Crippen molar-refractivity contribution in [3.63, 3.8) is 0 Å².